The highest BCUT2D eigenvalue weighted by Gasteiger charge is 2.41. The zero-order valence-electron chi connectivity index (χ0n) is 11.5. The van der Waals surface area contributed by atoms with Gasteiger partial charge in [0.2, 0.25) is 5.88 Å². The summed E-state index contributed by atoms with van der Waals surface area (Å²) >= 11 is 0. The van der Waals surface area contributed by atoms with Gasteiger partial charge < -0.3 is 15.6 Å². The zero-order valence-corrected chi connectivity index (χ0v) is 11.5. The SMILES string of the molecule is COc1c(CN2CCC(N)(C(=O)O)C2)c(C)nn1C. The first-order valence-corrected chi connectivity index (χ1v) is 6.18. The molecule has 7 heteroatoms. The quantitative estimate of drug-likeness (QED) is 0.780. The molecule has 1 atom stereocenters. The number of likely N-dealkylation sites (tertiary alicyclic amines) is 1. The molecular formula is C12H20N4O3. The lowest BCUT2D eigenvalue weighted by atomic mass is 10.0. The Morgan fingerprint density at radius 2 is 2.32 bits per heavy atom. The summed E-state index contributed by atoms with van der Waals surface area (Å²) in [4.78, 5) is 13.2. The number of hydrogen-bond acceptors (Lipinski definition) is 5. The lowest BCUT2D eigenvalue weighted by Gasteiger charge is -2.20. The molecule has 1 aromatic heterocycles. The van der Waals surface area contributed by atoms with Crippen LogP contribution in [0.15, 0.2) is 0 Å². The third-order valence-corrected chi connectivity index (χ3v) is 3.67. The van der Waals surface area contributed by atoms with Gasteiger partial charge in [0, 0.05) is 26.7 Å². The summed E-state index contributed by atoms with van der Waals surface area (Å²) in [6.07, 6.45) is 0.462. The molecule has 0 bridgehead atoms. The average molecular weight is 268 g/mol. The van der Waals surface area contributed by atoms with E-state index in [-0.39, 0.29) is 0 Å². The Kier molecular flexibility index (Phi) is 3.51. The van der Waals surface area contributed by atoms with Gasteiger partial charge in [0.15, 0.2) is 0 Å². The Balaban J connectivity index is 2.14. The molecule has 0 aromatic carbocycles. The Morgan fingerprint density at radius 3 is 2.84 bits per heavy atom. The van der Waals surface area contributed by atoms with Crippen LogP contribution in [0.1, 0.15) is 17.7 Å². The van der Waals surface area contributed by atoms with Gasteiger partial charge in [-0.2, -0.15) is 5.10 Å². The van der Waals surface area contributed by atoms with Crippen LogP contribution in [0, 0.1) is 6.92 Å². The maximum atomic E-state index is 11.1. The second-order valence-corrected chi connectivity index (χ2v) is 5.12. The number of aromatic nitrogens is 2. The van der Waals surface area contributed by atoms with Gasteiger partial charge >= 0.3 is 5.97 Å². The lowest BCUT2D eigenvalue weighted by molar-refractivity contribution is -0.142. The summed E-state index contributed by atoms with van der Waals surface area (Å²) in [6.45, 7) is 3.54. The minimum atomic E-state index is -1.14. The minimum Gasteiger partial charge on any atom is -0.481 e. The fourth-order valence-corrected chi connectivity index (χ4v) is 2.57. The molecule has 2 heterocycles. The van der Waals surface area contributed by atoms with E-state index in [1.807, 2.05) is 18.9 Å². The number of aryl methyl sites for hydroxylation is 2. The van der Waals surface area contributed by atoms with Gasteiger partial charge in [-0.3, -0.25) is 9.69 Å². The van der Waals surface area contributed by atoms with Crippen molar-refractivity contribution in [2.24, 2.45) is 12.8 Å². The van der Waals surface area contributed by atoms with Gasteiger partial charge in [-0.25, -0.2) is 4.68 Å². The van der Waals surface area contributed by atoms with Gasteiger partial charge in [-0.1, -0.05) is 0 Å². The third kappa shape index (κ3) is 2.43. The monoisotopic (exact) mass is 268 g/mol. The predicted molar refractivity (Wildman–Crippen MR) is 68.9 cm³/mol. The Labute approximate surface area is 111 Å². The van der Waals surface area contributed by atoms with Crippen LogP contribution >= 0.6 is 0 Å². The van der Waals surface area contributed by atoms with E-state index in [1.165, 1.54) is 0 Å². The van der Waals surface area contributed by atoms with Gasteiger partial charge in [-0.05, 0) is 13.3 Å². The van der Waals surface area contributed by atoms with E-state index in [0.29, 0.717) is 31.9 Å². The zero-order chi connectivity index (χ0) is 14.2. The highest BCUT2D eigenvalue weighted by Crippen LogP contribution is 2.26. The van der Waals surface area contributed by atoms with Crippen LogP contribution < -0.4 is 10.5 Å². The summed E-state index contributed by atoms with van der Waals surface area (Å²) in [5.41, 5.74) is 6.61. The summed E-state index contributed by atoms with van der Waals surface area (Å²) < 4.78 is 7.02. The molecule has 1 saturated heterocycles. The number of hydrogen-bond donors (Lipinski definition) is 2. The number of nitrogens with zero attached hydrogens (tertiary/aromatic N) is 3. The first kappa shape index (κ1) is 13.8. The molecule has 1 aliphatic heterocycles. The Bertz CT molecular complexity index is 499. The molecule has 106 valence electrons. The molecule has 1 aliphatic rings. The molecule has 0 aliphatic carbocycles. The van der Waals surface area contributed by atoms with Crippen LogP contribution in [0.4, 0.5) is 0 Å². The largest absolute Gasteiger partial charge is 0.481 e. The van der Waals surface area contributed by atoms with E-state index in [2.05, 4.69) is 5.10 Å². The lowest BCUT2D eigenvalue weighted by Crippen LogP contribution is -2.50. The maximum Gasteiger partial charge on any atom is 0.325 e. The average Bonchev–Trinajstić information content (AvgIpc) is 2.83. The summed E-state index contributed by atoms with van der Waals surface area (Å²) in [5.74, 6) is -0.229. The van der Waals surface area contributed by atoms with E-state index in [4.69, 9.17) is 15.6 Å². The molecule has 1 fully saturated rings. The molecule has 0 radical (unpaired) electrons. The predicted octanol–water partition coefficient (Wildman–Crippen LogP) is -0.275. The molecule has 0 saturated carbocycles. The maximum absolute atomic E-state index is 11.1. The van der Waals surface area contributed by atoms with Gasteiger partial charge in [0.05, 0.1) is 18.4 Å². The molecule has 1 unspecified atom stereocenters. The van der Waals surface area contributed by atoms with Crippen molar-refractivity contribution in [3.8, 4) is 5.88 Å². The van der Waals surface area contributed by atoms with Crippen molar-refractivity contribution in [2.75, 3.05) is 20.2 Å². The summed E-state index contributed by atoms with van der Waals surface area (Å²) in [7, 11) is 3.43. The summed E-state index contributed by atoms with van der Waals surface area (Å²) in [6, 6.07) is 0. The number of methoxy groups -OCH3 is 1. The van der Waals surface area contributed by atoms with Gasteiger partial charge in [-0.15, -0.1) is 0 Å². The second-order valence-electron chi connectivity index (χ2n) is 5.12. The van der Waals surface area contributed by atoms with Crippen molar-refractivity contribution in [1.29, 1.82) is 0 Å². The van der Waals surface area contributed by atoms with Crippen LogP contribution in [-0.4, -0.2) is 51.5 Å². The molecule has 2 rings (SSSR count). The Hall–Kier alpha value is -1.60. The van der Waals surface area contributed by atoms with Crippen LogP contribution in [0.25, 0.3) is 0 Å². The topological polar surface area (TPSA) is 93.6 Å². The highest BCUT2D eigenvalue weighted by atomic mass is 16.5. The van der Waals surface area contributed by atoms with Crippen molar-refractivity contribution in [3.63, 3.8) is 0 Å². The summed E-state index contributed by atoms with van der Waals surface area (Å²) in [5, 5.41) is 13.4. The van der Waals surface area contributed by atoms with Gasteiger partial charge in [0.1, 0.15) is 5.54 Å². The van der Waals surface area contributed by atoms with Crippen LogP contribution in [0.3, 0.4) is 0 Å². The van der Waals surface area contributed by atoms with E-state index in [0.717, 1.165) is 11.3 Å². The van der Waals surface area contributed by atoms with Crippen LogP contribution in [0.5, 0.6) is 5.88 Å². The molecule has 19 heavy (non-hydrogen) atoms. The number of carbonyl (C=O) groups is 1. The van der Waals surface area contributed by atoms with Crippen molar-refractivity contribution in [3.05, 3.63) is 11.3 Å². The number of nitrogens with two attached hydrogens (primary N) is 1. The normalized spacial score (nSPS) is 23.8. The van der Waals surface area contributed by atoms with Crippen molar-refractivity contribution >= 4 is 5.97 Å². The van der Waals surface area contributed by atoms with Crippen molar-refractivity contribution in [2.45, 2.75) is 25.4 Å². The second kappa shape index (κ2) is 4.82. The highest BCUT2D eigenvalue weighted by molar-refractivity contribution is 5.79. The molecule has 7 nitrogen and oxygen atoms in total. The van der Waals surface area contributed by atoms with Crippen molar-refractivity contribution in [1.82, 2.24) is 14.7 Å². The van der Waals surface area contributed by atoms with Crippen LogP contribution in [0.2, 0.25) is 0 Å². The van der Waals surface area contributed by atoms with Gasteiger partial charge in [0.25, 0.3) is 0 Å². The molecule has 3 N–H and O–H groups in total. The van der Waals surface area contributed by atoms with Crippen LogP contribution in [-0.2, 0) is 18.4 Å². The number of aliphatic carboxylic acids is 1. The van der Waals surface area contributed by atoms with E-state index in [9.17, 15) is 4.79 Å². The van der Waals surface area contributed by atoms with E-state index < -0.39 is 11.5 Å². The molecular weight excluding hydrogens is 248 g/mol. The smallest absolute Gasteiger partial charge is 0.325 e. The fraction of sp³-hybridized carbons (Fsp3) is 0.667. The minimum absolute atomic E-state index is 0.347. The fourth-order valence-electron chi connectivity index (χ4n) is 2.57. The molecule has 1 aromatic rings. The molecule has 0 spiro atoms. The van der Waals surface area contributed by atoms with E-state index in [1.54, 1.807) is 11.8 Å². The number of carboxylic acids is 1. The standard InChI is InChI=1S/C12H20N4O3/c1-8-9(10(19-3)15(2)14-8)6-16-5-4-12(13,7-16)11(17)18/h4-7,13H2,1-3H3,(H,17,18). The number of ether oxygens (including phenoxy) is 1. The number of carboxylic acid groups (broad SMARTS) is 1. The van der Waals surface area contributed by atoms with E-state index >= 15 is 0 Å². The number of rotatable bonds is 4. The van der Waals surface area contributed by atoms with Crippen molar-refractivity contribution < 1.29 is 14.6 Å². The third-order valence-electron chi connectivity index (χ3n) is 3.67. The Morgan fingerprint density at radius 1 is 1.63 bits per heavy atom. The molecule has 0 amide bonds. The first-order valence-electron chi connectivity index (χ1n) is 6.18. The first-order chi connectivity index (χ1) is 8.87.